The molecule has 0 saturated carbocycles. The van der Waals surface area contributed by atoms with E-state index < -0.39 is 38.8 Å². The maximum absolute atomic E-state index is 11.7. The highest BCUT2D eigenvalue weighted by Gasteiger charge is 2.32. The first-order valence-corrected chi connectivity index (χ1v) is 6.30. The molecular formula is C9H17NO5S. The molecule has 0 spiro atoms. The van der Waals surface area contributed by atoms with Crippen molar-refractivity contribution in [2.24, 2.45) is 0 Å². The van der Waals surface area contributed by atoms with Gasteiger partial charge in [0.1, 0.15) is 12.3 Å². The van der Waals surface area contributed by atoms with Crippen molar-refractivity contribution in [2.75, 3.05) is 19.3 Å². The highest BCUT2D eigenvalue weighted by atomic mass is 32.2. The topological polar surface area (TPSA) is 91.8 Å². The quantitative estimate of drug-likeness (QED) is 0.743. The molecule has 0 aliphatic rings. The molecule has 0 radical (unpaired) electrons. The number of likely N-dealkylation sites (N-methyl/N-ethyl adjacent to an activating group) is 1. The summed E-state index contributed by atoms with van der Waals surface area (Å²) in [5, 5.41) is 8.45. The Hall–Kier alpha value is -1.11. The zero-order chi connectivity index (χ0) is 13.1. The molecule has 6 nitrogen and oxygen atoms in total. The number of carboxylic acids is 1. The van der Waals surface area contributed by atoms with Crippen LogP contribution in [0.25, 0.3) is 0 Å². The third kappa shape index (κ3) is 4.18. The van der Waals surface area contributed by atoms with Gasteiger partial charge in [0.2, 0.25) is 5.91 Å². The molecule has 0 bridgehead atoms. The first kappa shape index (κ1) is 14.9. The van der Waals surface area contributed by atoms with Crippen molar-refractivity contribution >= 4 is 21.7 Å². The lowest BCUT2D eigenvalue weighted by molar-refractivity contribution is -0.142. The minimum absolute atomic E-state index is 0.501. The van der Waals surface area contributed by atoms with E-state index in [1.165, 1.54) is 27.8 Å². The summed E-state index contributed by atoms with van der Waals surface area (Å²) in [5.74, 6) is -2.55. The van der Waals surface area contributed by atoms with E-state index in [1.807, 2.05) is 0 Å². The number of carbonyl (C=O) groups excluding carboxylic acids is 1. The van der Waals surface area contributed by atoms with Gasteiger partial charge < -0.3 is 10.0 Å². The predicted octanol–water partition coefficient (Wildman–Crippen LogP) is -0.257. The maximum atomic E-state index is 11.7. The van der Waals surface area contributed by atoms with E-state index in [9.17, 15) is 18.0 Å². The summed E-state index contributed by atoms with van der Waals surface area (Å²) in [5.41, 5.74) is 0. The van der Waals surface area contributed by atoms with Crippen molar-refractivity contribution in [3.8, 4) is 0 Å². The van der Waals surface area contributed by atoms with Gasteiger partial charge in [0.25, 0.3) is 0 Å². The smallest absolute Gasteiger partial charge is 0.323 e. The molecule has 0 fully saturated rings. The molecular weight excluding hydrogens is 234 g/mol. The molecule has 0 aromatic rings. The number of hydrogen-bond acceptors (Lipinski definition) is 4. The zero-order valence-electron chi connectivity index (χ0n) is 9.85. The van der Waals surface area contributed by atoms with Crippen LogP contribution in [-0.2, 0) is 19.4 Å². The molecule has 0 aliphatic heterocycles. The van der Waals surface area contributed by atoms with Crippen LogP contribution in [-0.4, -0.2) is 54.4 Å². The fraction of sp³-hybridized carbons (Fsp3) is 0.778. The molecule has 0 rings (SSSR count). The van der Waals surface area contributed by atoms with Crippen LogP contribution >= 0.6 is 0 Å². The van der Waals surface area contributed by atoms with Crippen molar-refractivity contribution in [1.29, 1.82) is 0 Å². The van der Waals surface area contributed by atoms with Gasteiger partial charge in [-0.1, -0.05) is 0 Å². The molecule has 7 heteroatoms. The normalized spacial score (nSPS) is 12.2. The van der Waals surface area contributed by atoms with Gasteiger partial charge in [0.15, 0.2) is 9.84 Å². The summed E-state index contributed by atoms with van der Waals surface area (Å²) in [4.78, 5) is 22.6. The van der Waals surface area contributed by atoms with Gasteiger partial charge >= 0.3 is 5.97 Å². The van der Waals surface area contributed by atoms with Crippen molar-refractivity contribution in [3.05, 3.63) is 0 Å². The number of hydrogen-bond donors (Lipinski definition) is 1. The van der Waals surface area contributed by atoms with Crippen molar-refractivity contribution in [3.63, 3.8) is 0 Å². The van der Waals surface area contributed by atoms with Crippen molar-refractivity contribution in [1.82, 2.24) is 4.90 Å². The Labute approximate surface area is 95.2 Å². The Morgan fingerprint density at radius 3 is 2.00 bits per heavy atom. The molecule has 94 valence electrons. The fourth-order valence-corrected chi connectivity index (χ4v) is 1.76. The van der Waals surface area contributed by atoms with E-state index in [1.54, 1.807) is 0 Å². The Balaban J connectivity index is 4.65. The van der Waals surface area contributed by atoms with E-state index in [0.717, 1.165) is 4.90 Å². The zero-order valence-corrected chi connectivity index (χ0v) is 10.7. The Morgan fingerprint density at radius 1 is 1.25 bits per heavy atom. The summed E-state index contributed by atoms with van der Waals surface area (Å²) in [6.45, 7) is 3.98. The molecule has 0 aromatic heterocycles. The van der Waals surface area contributed by atoms with Gasteiger partial charge in [-0.15, -0.1) is 0 Å². The van der Waals surface area contributed by atoms with Gasteiger partial charge in [-0.2, -0.15) is 0 Å². The Bertz CT molecular complexity index is 379. The summed E-state index contributed by atoms with van der Waals surface area (Å²) in [6.07, 6.45) is 0. The molecule has 0 saturated heterocycles. The third-order valence-corrected chi connectivity index (χ3v) is 4.54. The monoisotopic (exact) mass is 251 g/mol. The summed E-state index contributed by atoms with van der Waals surface area (Å²) in [7, 11) is -2.30. The molecule has 1 amide bonds. The van der Waals surface area contributed by atoms with Crippen LogP contribution in [0.1, 0.15) is 20.8 Å². The average Bonchev–Trinajstić information content (AvgIpc) is 1.99. The highest BCUT2D eigenvalue weighted by Crippen LogP contribution is 2.16. The number of carbonyl (C=O) groups is 2. The molecule has 1 N–H and O–H groups in total. The lowest BCUT2D eigenvalue weighted by Gasteiger charge is -2.21. The number of amides is 1. The van der Waals surface area contributed by atoms with Crippen LogP contribution in [0.3, 0.4) is 0 Å². The number of carboxylic acid groups (broad SMARTS) is 1. The second-order valence-electron chi connectivity index (χ2n) is 4.51. The molecule has 0 aromatic carbocycles. The summed E-state index contributed by atoms with van der Waals surface area (Å²) < 4.78 is 22.3. The SMILES string of the molecule is CN(CC(=O)O)C(=O)CS(=O)(=O)C(C)(C)C. The number of nitrogens with zero attached hydrogens (tertiary/aromatic N) is 1. The predicted molar refractivity (Wildman–Crippen MR) is 58.8 cm³/mol. The summed E-state index contributed by atoms with van der Waals surface area (Å²) >= 11 is 0. The minimum Gasteiger partial charge on any atom is -0.480 e. The van der Waals surface area contributed by atoms with E-state index in [0.29, 0.717) is 0 Å². The second-order valence-corrected chi connectivity index (χ2v) is 7.26. The fourth-order valence-electron chi connectivity index (χ4n) is 0.780. The molecule has 16 heavy (non-hydrogen) atoms. The molecule has 0 aliphatic carbocycles. The number of rotatable bonds is 4. The van der Waals surface area contributed by atoms with E-state index in [-0.39, 0.29) is 0 Å². The van der Waals surface area contributed by atoms with Crippen LogP contribution in [0, 0.1) is 0 Å². The van der Waals surface area contributed by atoms with Gasteiger partial charge in [0.05, 0.1) is 4.75 Å². The lowest BCUT2D eigenvalue weighted by atomic mass is 10.3. The first-order chi connectivity index (χ1) is 6.97. The maximum Gasteiger partial charge on any atom is 0.323 e. The first-order valence-electron chi connectivity index (χ1n) is 4.65. The van der Waals surface area contributed by atoms with Gasteiger partial charge in [0, 0.05) is 7.05 Å². The Kier molecular flexibility index (Phi) is 4.48. The molecule has 0 atom stereocenters. The third-order valence-electron chi connectivity index (χ3n) is 2.04. The lowest BCUT2D eigenvalue weighted by Crippen LogP contribution is -2.40. The molecule has 0 heterocycles. The van der Waals surface area contributed by atoms with Crippen molar-refractivity contribution < 1.29 is 23.1 Å². The van der Waals surface area contributed by atoms with Crippen LogP contribution in [0.2, 0.25) is 0 Å². The number of aliphatic carboxylic acids is 1. The summed E-state index contributed by atoms with van der Waals surface area (Å²) in [6, 6.07) is 0. The van der Waals surface area contributed by atoms with E-state index in [2.05, 4.69) is 0 Å². The molecule has 0 unspecified atom stereocenters. The minimum atomic E-state index is -3.56. The highest BCUT2D eigenvalue weighted by molar-refractivity contribution is 7.93. The van der Waals surface area contributed by atoms with E-state index in [4.69, 9.17) is 5.11 Å². The van der Waals surface area contributed by atoms with Crippen LogP contribution in [0.4, 0.5) is 0 Å². The van der Waals surface area contributed by atoms with Gasteiger partial charge in [-0.05, 0) is 20.8 Å². The number of sulfone groups is 1. The van der Waals surface area contributed by atoms with Crippen LogP contribution < -0.4 is 0 Å². The second kappa shape index (κ2) is 4.82. The Morgan fingerprint density at radius 2 is 1.69 bits per heavy atom. The average molecular weight is 251 g/mol. The van der Waals surface area contributed by atoms with E-state index >= 15 is 0 Å². The van der Waals surface area contributed by atoms with Crippen molar-refractivity contribution in [2.45, 2.75) is 25.5 Å². The van der Waals surface area contributed by atoms with Gasteiger partial charge in [-0.3, -0.25) is 9.59 Å². The van der Waals surface area contributed by atoms with Gasteiger partial charge in [-0.25, -0.2) is 8.42 Å². The van der Waals surface area contributed by atoms with Crippen LogP contribution in [0.15, 0.2) is 0 Å². The standard InChI is InChI=1S/C9H17NO5S/c1-9(2,3)16(14,15)6-7(11)10(4)5-8(12)13/h5-6H2,1-4H3,(H,12,13). The van der Waals surface area contributed by atoms with Crippen LogP contribution in [0.5, 0.6) is 0 Å². The largest absolute Gasteiger partial charge is 0.480 e.